The first kappa shape index (κ1) is 27.9. The van der Waals surface area contributed by atoms with Crippen LogP contribution in [0.25, 0.3) is 11.0 Å². The number of pyridine rings is 1. The third-order valence-electron chi connectivity index (χ3n) is 8.63. The van der Waals surface area contributed by atoms with Crippen molar-refractivity contribution < 1.29 is 22.8 Å². The number of aryl methyl sites for hydroxylation is 1. The molecule has 2 fully saturated rings. The zero-order valence-corrected chi connectivity index (χ0v) is 23.0. The van der Waals surface area contributed by atoms with Crippen LogP contribution in [-0.4, -0.2) is 38.2 Å². The maximum atomic E-state index is 14.8. The number of halogens is 3. The van der Waals surface area contributed by atoms with Crippen LogP contribution in [0.5, 0.6) is 0 Å². The van der Waals surface area contributed by atoms with E-state index in [-0.39, 0.29) is 45.5 Å². The molecule has 1 amide bonds. The van der Waals surface area contributed by atoms with Gasteiger partial charge < -0.3 is 9.47 Å². The van der Waals surface area contributed by atoms with Gasteiger partial charge in [0.25, 0.3) is 0 Å². The van der Waals surface area contributed by atoms with E-state index < -0.39 is 29.5 Å². The lowest BCUT2D eigenvalue weighted by Gasteiger charge is -2.46. The summed E-state index contributed by atoms with van der Waals surface area (Å²) in [6.45, 7) is 4.49. The Balaban J connectivity index is 1.52. The molecule has 1 saturated heterocycles. The van der Waals surface area contributed by atoms with Gasteiger partial charge in [0.2, 0.25) is 5.91 Å². The smallest absolute Gasteiger partial charge is 0.337 e. The van der Waals surface area contributed by atoms with Gasteiger partial charge in [-0.05, 0) is 68.7 Å². The number of hydrogen-bond donors (Lipinski definition) is 0. The third-order valence-corrected chi connectivity index (χ3v) is 8.63. The lowest BCUT2D eigenvalue weighted by atomic mass is 9.78. The largest absolute Gasteiger partial charge is 0.417 e. The van der Waals surface area contributed by atoms with Gasteiger partial charge in [-0.25, -0.2) is 4.98 Å². The third kappa shape index (κ3) is 5.12. The van der Waals surface area contributed by atoms with Crippen molar-refractivity contribution in [3.63, 3.8) is 0 Å². The van der Waals surface area contributed by atoms with Crippen molar-refractivity contribution in [3.05, 3.63) is 64.5 Å². The summed E-state index contributed by atoms with van der Waals surface area (Å²) in [5, 5.41) is 9.18. The predicted octanol–water partition coefficient (Wildman–Crippen LogP) is 6.56. The number of carbonyl (C=O) groups is 2. The van der Waals surface area contributed by atoms with Gasteiger partial charge in [-0.1, -0.05) is 25.0 Å². The summed E-state index contributed by atoms with van der Waals surface area (Å²) < 4.78 is 45.9. The Morgan fingerprint density at radius 3 is 2.55 bits per heavy atom. The molecule has 3 aromatic rings. The second-order valence-corrected chi connectivity index (χ2v) is 11.8. The molecule has 210 valence electrons. The molecule has 40 heavy (non-hydrogen) atoms. The molecule has 0 radical (unpaired) electrons. The zero-order valence-electron chi connectivity index (χ0n) is 23.0. The van der Waals surface area contributed by atoms with Crippen LogP contribution < -0.4 is 0 Å². The first-order valence-corrected chi connectivity index (χ1v) is 13.8. The predicted molar refractivity (Wildman–Crippen MR) is 145 cm³/mol. The first-order valence-electron chi connectivity index (χ1n) is 13.8. The number of piperidine rings is 1. The summed E-state index contributed by atoms with van der Waals surface area (Å²) >= 11 is 0. The van der Waals surface area contributed by atoms with Gasteiger partial charge in [-0.15, -0.1) is 0 Å². The number of hydrogen-bond acceptors (Lipinski definition) is 4. The number of aromatic nitrogens is 2. The van der Waals surface area contributed by atoms with E-state index in [2.05, 4.69) is 4.98 Å². The Morgan fingerprint density at radius 2 is 1.90 bits per heavy atom. The number of rotatable bonds is 5. The van der Waals surface area contributed by atoms with E-state index in [1.165, 1.54) is 18.2 Å². The molecule has 3 heterocycles. The fourth-order valence-corrected chi connectivity index (χ4v) is 6.69. The van der Waals surface area contributed by atoms with E-state index in [4.69, 9.17) is 5.26 Å². The Morgan fingerprint density at radius 1 is 1.18 bits per heavy atom. The second kappa shape index (κ2) is 10.4. The average Bonchev–Trinajstić information content (AvgIpc) is 3.55. The molecule has 0 unspecified atom stereocenters. The van der Waals surface area contributed by atoms with E-state index in [1.54, 1.807) is 23.9 Å². The minimum absolute atomic E-state index is 0.0300. The standard InChI is InChI=1S/C31H33F3N4O2/c1-30(2)15-22(11-12-38(30)29(40)20-8-4-5-9-20)24-18-37(3)28-26(24)27(31(32,33)34)23(17-36-28)14-25(39)21-10-6-7-19(13-21)16-35/h6-7,10,13,17-18,20,22H,4-5,8-9,11-12,14-15H2,1-3H3/t22-/m1/s1. The van der Waals surface area contributed by atoms with E-state index in [9.17, 15) is 22.8 Å². The lowest BCUT2D eigenvalue weighted by molar-refractivity contribution is -0.143. The SMILES string of the molecule is Cn1cc([C@@H]2CCN(C(=O)C3CCCC3)C(C)(C)C2)c2c(C(F)(F)F)c(CC(=O)c3cccc(C#N)c3)cnc21. The van der Waals surface area contributed by atoms with Crippen molar-refractivity contribution in [2.24, 2.45) is 13.0 Å². The monoisotopic (exact) mass is 550 g/mol. The molecule has 1 atom stereocenters. The number of fused-ring (bicyclic) bond motifs is 1. The maximum absolute atomic E-state index is 14.8. The molecule has 1 aromatic carbocycles. The van der Waals surface area contributed by atoms with Gasteiger partial charge in [-0.3, -0.25) is 9.59 Å². The molecule has 0 N–H and O–H groups in total. The number of carbonyl (C=O) groups excluding carboxylic acids is 2. The van der Waals surface area contributed by atoms with Crippen molar-refractivity contribution in [2.75, 3.05) is 6.54 Å². The van der Waals surface area contributed by atoms with Crippen molar-refractivity contribution in [1.82, 2.24) is 14.5 Å². The fourth-order valence-electron chi connectivity index (χ4n) is 6.69. The number of Topliss-reactive ketones (excluding diaryl/α,β-unsaturated/α-hetero) is 1. The summed E-state index contributed by atoms with van der Waals surface area (Å²) in [6.07, 6.45) is 2.70. The number of amides is 1. The normalized spacial score (nSPS) is 19.6. The molecule has 1 saturated carbocycles. The van der Waals surface area contributed by atoms with Gasteiger partial charge in [0.1, 0.15) is 5.65 Å². The highest BCUT2D eigenvalue weighted by atomic mass is 19.4. The topological polar surface area (TPSA) is 79.0 Å². The Hall–Kier alpha value is -3.67. The molecule has 0 bridgehead atoms. The van der Waals surface area contributed by atoms with Crippen LogP contribution in [0.2, 0.25) is 0 Å². The highest BCUT2D eigenvalue weighted by molar-refractivity contribution is 5.99. The Kier molecular flexibility index (Phi) is 7.24. The number of nitriles is 1. The van der Waals surface area contributed by atoms with Crippen LogP contribution in [0.1, 0.15) is 90.9 Å². The second-order valence-electron chi connectivity index (χ2n) is 11.8. The Labute approximate surface area is 231 Å². The minimum atomic E-state index is -4.71. The van der Waals surface area contributed by atoms with Gasteiger partial charge in [0, 0.05) is 54.8 Å². The van der Waals surface area contributed by atoms with Crippen molar-refractivity contribution in [1.29, 1.82) is 5.26 Å². The van der Waals surface area contributed by atoms with E-state index in [0.717, 1.165) is 31.9 Å². The van der Waals surface area contributed by atoms with Crippen molar-refractivity contribution >= 4 is 22.7 Å². The molecular formula is C31H33F3N4O2. The molecule has 9 heteroatoms. The number of likely N-dealkylation sites (tertiary alicyclic amines) is 1. The molecule has 1 aliphatic carbocycles. The van der Waals surface area contributed by atoms with Crippen LogP contribution in [0.4, 0.5) is 13.2 Å². The Bertz CT molecular complexity index is 1510. The quantitative estimate of drug-likeness (QED) is 0.337. The average molecular weight is 551 g/mol. The van der Waals surface area contributed by atoms with Crippen LogP contribution in [0.3, 0.4) is 0 Å². The van der Waals surface area contributed by atoms with Crippen LogP contribution in [0, 0.1) is 17.2 Å². The van der Waals surface area contributed by atoms with Crippen LogP contribution in [-0.2, 0) is 24.4 Å². The van der Waals surface area contributed by atoms with Gasteiger partial charge in [0.15, 0.2) is 5.78 Å². The molecule has 6 nitrogen and oxygen atoms in total. The van der Waals surface area contributed by atoms with E-state index >= 15 is 0 Å². The minimum Gasteiger partial charge on any atom is -0.337 e. The maximum Gasteiger partial charge on any atom is 0.417 e. The van der Waals surface area contributed by atoms with Crippen LogP contribution >= 0.6 is 0 Å². The first-order chi connectivity index (χ1) is 18.9. The molecule has 0 spiro atoms. The zero-order chi connectivity index (χ0) is 28.8. The summed E-state index contributed by atoms with van der Waals surface area (Å²) in [4.78, 5) is 32.6. The fraction of sp³-hybridized carbons (Fsp3) is 0.484. The van der Waals surface area contributed by atoms with E-state index in [0.29, 0.717) is 24.9 Å². The van der Waals surface area contributed by atoms with Crippen molar-refractivity contribution in [2.45, 2.75) is 76.4 Å². The van der Waals surface area contributed by atoms with Gasteiger partial charge in [-0.2, -0.15) is 18.4 Å². The highest BCUT2D eigenvalue weighted by Crippen LogP contribution is 2.46. The van der Waals surface area contributed by atoms with Crippen LogP contribution in [0.15, 0.2) is 36.7 Å². The molecule has 2 aromatic heterocycles. The van der Waals surface area contributed by atoms with E-state index in [1.807, 2.05) is 24.8 Å². The van der Waals surface area contributed by atoms with Crippen molar-refractivity contribution in [3.8, 4) is 6.07 Å². The number of nitrogens with zero attached hydrogens (tertiary/aromatic N) is 4. The lowest BCUT2D eigenvalue weighted by Crippen LogP contribution is -2.54. The van der Waals surface area contributed by atoms with Gasteiger partial charge in [0.05, 0.1) is 17.2 Å². The number of benzene rings is 1. The molecule has 1 aliphatic heterocycles. The number of alkyl halides is 3. The highest BCUT2D eigenvalue weighted by Gasteiger charge is 2.43. The molecule has 2 aliphatic rings. The summed E-state index contributed by atoms with van der Waals surface area (Å²) in [7, 11) is 1.68. The molecular weight excluding hydrogens is 517 g/mol. The molecule has 5 rings (SSSR count). The summed E-state index contributed by atoms with van der Waals surface area (Å²) in [5.41, 5.74) is -0.307. The number of ketones is 1. The summed E-state index contributed by atoms with van der Waals surface area (Å²) in [6, 6.07) is 7.92. The summed E-state index contributed by atoms with van der Waals surface area (Å²) in [5.74, 6) is -0.505. The van der Waals surface area contributed by atoms with Gasteiger partial charge >= 0.3 is 6.18 Å².